The average molecular weight is 262 g/mol. The summed E-state index contributed by atoms with van der Waals surface area (Å²) >= 11 is 0. The van der Waals surface area contributed by atoms with Gasteiger partial charge in [0.1, 0.15) is 5.75 Å². The van der Waals surface area contributed by atoms with Crippen LogP contribution in [0.25, 0.3) is 0 Å². The monoisotopic (exact) mass is 262 g/mol. The van der Waals surface area contributed by atoms with Gasteiger partial charge in [0.2, 0.25) is 0 Å². The Morgan fingerprint density at radius 1 is 1.26 bits per heavy atom. The highest BCUT2D eigenvalue weighted by Crippen LogP contribution is 2.19. The van der Waals surface area contributed by atoms with Crippen molar-refractivity contribution < 1.29 is 4.74 Å². The molecule has 2 rings (SSSR count). The lowest BCUT2D eigenvalue weighted by Crippen LogP contribution is -2.40. The van der Waals surface area contributed by atoms with Gasteiger partial charge in [-0.1, -0.05) is 13.3 Å². The van der Waals surface area contributed by atoms with Crippen LogP contribution in [-0.2, 0) is 0 Å². The van der Waals surface area contributed by atoms with E-state index in [1.807, 2.05) is 24.3 Å². The van der Waals surface area contributed by atoms with Crippen molar-refractivity contribution in [2.24, 2.45) is 0 Å². The molecule has 106 valence electrons. The fraction of sp³-hybridized carbons (Fsp3) is 0.625. The van der Waals surface area contributed by atoms with Gasteiger partial charge >= 0.3 is 0 Å². The predicted molar refractivity (Wildman–Crippen MR) is 80.5 cm³/mol. The smallest absolute Gasteiger partial charge is 0.119 e. The molecule has 1 aromatic carbocycles. The maximum Gasteiger partial charge on any atom is 0.119 e. The number of piperidine rings is 1. The van der Waals surface area contributed by atoms with Gasteiger partial charge in [-0.05, 0) is 56.5 Å². The van der Waals surface area contributed by atoms with Gasteiger partial charge in [0.25, 0.3) is 0 Å². The molecule has 1 unspecified atom stereocenters. The zero-order chi connectivity index (χ0) is 13.5. The second kappa shape index (κ2) is 7.39. The number of benzene rings is 1. The number of nitrogens with two attached hydrogens (primary N) is 1. The van der Waals surface area contributed by atoms with Crippen molar-refractivity contribution in [3.8, 4) is 5.75 Å². The number of hydrogen-bond acceptors (Lipinski definition) is 3. The summed E-state index contributed by atoms with van der Waals surface area (Å²) in [5.74, 6) is 0.917. The van der Waals surface area contributed by atoms with E-state index in [2.05, 4.69) is 11.8 Å². The average Bonchev–Trinajstić information content (AvgIpc) is 2.46. The number of nitrogen functional groups attached to an aromatic ring is 1. The van der Waals surface area contributed by atoms with Crippen molar-refractivity contribution in [2.45, 2.75) is 45.1 Å². The Morgan fingerprint density at radius 3 is 2.79 bits per heavy atom. The molecule has 3 heteroatoms. The molecule has 0 amide bonds. The van der Waals surface area contributed by atoms with E-state index in [4.69, 9.17) is 10.5 Å². The Morgan fingerprint density at radius 2 is 2.05 bits per heavy atom. The summed E-state index contributed by atoms with van der Waals surface area (Å²) in [4.78, 5) is 2.63. The first kappa shape index (κ1) is 14.2. The molecule has 0 radical (unpaired) electrons. The van der Waals surface area contributed by atoms with E-state index < -0.39 is 0 Å². The molecule has 3 nitrogen and oxygen atoms in total. The van der Waals surface area contributed by atoms with Crippen LogP contribution in [0.2, 0.25) is 0 Å². The molecule has 1 aromatic rings. The summed E-state index contributed by atoms with van der Waals surface area (Å²) in [6.07, 6.45) is 6.50. The molecular formula is C16H26N2O. The second-order valence-electron chi connectivity index (χ2n) is 5.36. The molecule has 1 aliphatic rings. The molecule has 1 aliphatic heterocycles. The zero-order valence-corrected chi connectivity index (χ0v) is 12.0. The Bertz CT molecular complexity index is 364. The Labute approximate surface area is 116 Å². The van der Waals surface area contributed by atoms with E-state index in [1.165, 1.54) is 32.2 Å². The summed E-state index contributed by atoms with van der Waals surface area (Å²) in [5, 5.41) is 0. The molecule has 0 aliphatic carbocycles. The zero-order valence-electron chi connectivity index (χ0n) is 12.0. The van der Waals surface area contributed by atoms with Gasteiger partial charge < -0.3 is 15.4 Å². The molecule has 0 saturated carbocycles. The van der Waals surface area contributed by atoms with Crippen LogP contribution >= 0.6 is 0 Å². The third-order valence-corrected chi connectivity index (χ3v) is 3.96. The van der Waals surface area contributed by atoms with Gasteiger partial charge in [-0.2, -0.15) is 0 Å². The summed E-state index contributed by atoms with van der Waals surface area (Å²) in [7, 11) is 0. The van der Waals surface area contributed by atoms with Crippen molar-refractivity contribution in [1.29, 1.82) is 0 Å². The third-order valence-electron chi connectivity index (χ3n) is 3.96. The number of anilines is 1. The molecule has 0 spiro atoms. The number of likely N-dealkylation sites (tertiary alicyclic amines) is 1. The van der Waals surface area contributed by atoms with Crippen molar-refractivity contribution >= 4 is 5.69 Å². The molecule has 2 N–H and O–H groups in total. The van der Waals surface area contributed by atoms with Crippen LogP contribution in [0.1, 0.15) is 39.0 Å². The SMILES string of the molecule is CCC1CCCCN1CCCOc1ccc(N)cc1. The lowest BCUT2D eigenvalue weighted by Gasteiger charge is -2.35. The molecule has 0 bridgehead atoms. The topological polar surface area (TPSA) is 38.5 Å². The molecule has 1 saturated heterocycles. The quantitative estimate of drug-likeness (QED) is 0.631. The maximum absolute atomic E-state index is 5.74. The number of nitrogens with zero attached hydrogens (tertiary/aromatic N) is 1. The van der Waals surface area contributed by atoms with E-state index in [-0.39, 0.29) is 0 Å². The van der Waals surface area contributed by atoms with Crippen LogP contribution in [0.3, 0.4) is 0 Å². The lowest BCUT2D eigenvalue weighted by atomic mass is 10.00. The number of hydrogen-bond donors (Lipinski definition) is 1. The summed E-state index contributed by atoms with van der Waals surface area (Å²) in [5.41, 5.74) is 6.43. The first-order valence-corrected chi connectivity index (χ1v) is 7.52. The lowest BCUT2D eigenvalue weighted by molar-refractivity contribution is 0.134. The maximum atomic E-state index is 5.74. The molecule has 19 heavy (non-hydrogen) atoms. The van der Waals surface area contributed by atoms with E-state index in [0.717, 1.165) is 37.1 Å². The van der Waals surface area contributed by atoms with Crippen molar-refractivity contribution in [2.75, 3.05) is 25.4 Å². The van der Waals surface area contributed by atoms with Gasteiger partial charge in [-0.3, -0.25) is 0 Å². The van der Waals surface area contributed by atoms with E-state index in [9.17, 15) is 0 Å². The van der Waals surface area contributed by atoms with E-state index in [1.54, 1.807) is 0 Å². The molecule has 1 fully saturated rings. The van der Waals surface area contributed by atoms with Crippen molar-refractivity contribution in [1.82, 2.24) is 4.90 Å². The normalized spacial score (nSPS) is 20.4. The highest BCUT2D eigenvalue weighted by Gasteiger charge is 2.19. The standard InChI is InChI=1S/C16H26N2O/c1-2-15-6-3-4-11-18(15)12-5-13-19-16-9-7-14(17)8-10-16/h7-10,15H,2-6,11-13,17H2,1H3. The second-order valence-corrected chi connectivity index (χ2v) is 5.36. The van der Waals surface area contributed by atoms with Crippen LogP contribution in [-0.4, -0.2) is 30.6 Å². The minimum Gasteiger partial charge on any atom is -0.494 e. The number of ether oxygens (including phenoxy) is 1. The third kappa shape index (κ3) is 4.43. The van der Waals surface area contributed by atoms with Gasteiger partial charge in [-0.15, -0.1) is 0 Å². The van der Waals surface area contributed by atoms with E-state index in [0.29, 0.717) is 0 Å². The first-order chi connectivity index (χ1) is 9.29. The van der Waals surface area contributed by atoms with Gasteiger partial charge in [-0.25, -0.2) is 0 Å². The predicted octanol–water partition coefficient (Wildman–Crippen LogP) is 3.30. The van der Waals surface area contributed by atoms with Crippen LogP contribution < -0.4 is 10.5 Å². The fourth-order valence-corrected chi connectivity index (χ4v) is 2.84. The van der Waals surface area contributed by atoms with Crippen LogP contribution in [0.5, 0.6) is 5.75 Å². The molecular weight excluding hydrogens is 236 g/mol. The highest BCUT2D eigenvalue weighted by atomic mass is 16.5. The largest absolute Gasteiger partial charge is 0.494 e. The van der Waals surface area contributed by atoms with Crippen LogP contribution in [0, 0.1) is 0 Å². The molecule has 1 heterocycles. The van der Waals surface area contributed by atoms with Gasteiger partial charge in [0.15, 0.2) is 0 Å². The summed E-state index contributed by atoms with van der Waals surface area (Å²) < 4.78 is 5.74. The van der Waals surface area contributed by atoms with Crippen LogP contribution in [0.4, 0.5) is 5.69 Å². The molecule has 1 atom stereocenters. The Hall–Kier alpha value is -1.22. The van der Waals surface area contributed by atoms with Crippen molar-refractivity contribution in [3.05, 3.63) is 24.3 Å². The summed E-state index contributed by atoms with van der Waals surface area (Å²) in [6.45, 7) is 5.51. The van der Waals surface area contributed by atoms with Crippen molar-refractivity contribution in [3.63, 3.8) is 0 Å². The first-order valence-electron chi connectivity index (χ1n) is 7.52. The van der Waals surface area contributed by atoms with E-state index >= 15 is 0 Å². The Balaban J connectivity index is 1.67. The fourth-order valence-electron chi connectivity index (χ4n) is 2.84. The number of rotatable bonds is 6. The molecule has 0 aromatic heterocycles. The summed E-state index contributed by atoms with van der Waals surface area (Å²) in [6, 6.07) is 8.43. The van der Waals surface area contributed by atoms with Gasteiger partial charge in [0.05, 0.1) is 6.61 Å². The highest BCUT2D eigenvalue weighted by molar-refractivity contribution is 5.41. The minimum atomic E-state index is 0.784. The van der Waals surface area contributed by atoms with Gasteiger partial charge in [0, 0.05) is 18.3 Å². The van der Waals surface area contributed by atoms with Crippen LogP contribution in [0.15, 0.2) is 24.3 Å². The minimum absolute atomic E-state index is 0.784. The Kier molecular flexibility index (Phi) is 5.52.